The van der Waals surface area contributed by atoms with Crippen LogP contribution in [-0.4, -0.2) is 60.9 Å². The van der Waals surface area contributed by atoms with E-state index in [-0.39, 0.29) is 6.10 Å². The van der Waals surface area contributed by atoms with Crippen molar-refractivity contribution in [1.82, 2.24) is 14.2 Å². The number of hydrogen-bond donors (Lipinski definition) is 0. The van der Waals surface area contributed by atoms with Crippen molar-refractivity contribution in [2.75, 3.05) is 26.2 Å². The van der Waals surface area contributed by atoms with Gasteiger partial charge in [-0.05, 0) is 49.3 Å². The van der Waals surface area contributed by atoms with Gasteiger partial charge in [-0.25, -0.2) is 13.4 Å². The molecule has 2 aliphatic rings. The second-order valence-corrected chi connectivity index (χ2v) is 11.3. The first-order chi connectivity index (χ1) is 14.4. The molecule has 0 aliphatic carbocycles. The number of benzene rings is 1. The Labute approximate surface area is 183 Å². The quantitative estimate of drug-likeness (QED) is 0.668. The summed E-state index contributed by atoms with van der Waals surface area (Å²) in [4.78, 5) is 7.13. The highest BCUT2D eigenvalue weighted by molar-refractivity contribution is 7.89. The highest BCUT2D eigenvalue weighted by Gasteiger charge is 2.33. The molecule has 2 saturated heterocycles. The van der Waals surface area contributed by atoms with Crippen LogP contribution < -0.4 is 4.74 Å². The van der Waals surface area contributed by atoms with Crippen LogP contribution in [0.25, 0.3) is 0 Å². The summed E-state index contributed by atoms with van der Waals surface area (Å²) < 4.78 is 33.7. The summed E-state index contributed by atoms with van der Waals surface area (Å²) in [6.07, 6.45) is 5.79. The lowest BCUT2D eigenvalue weighted by Gasteiger charge is -2.41. The van der Waals surface area contributed by atoms with Gasteiger partial charge in [-0.15, -0.1) is 0 Å². The Balaban J connectivity index is 1.28. The second-order valence-electron chi connectivity index (χ2n) is 8.51. The minimum Gasteiger partial charge on any atom is -0.467 e. The van der Waals surface area contributed by atoms with Gasteiger partial charge in [-0.2, -0.15) is 4.31 Å². The topological polar surface area (TPSA) is 62.7 Å². The molecule has 0 radical (unpaired) electrons. The Kier molecular flexibility index (Phi) is 6.77. The van der Waals surface area contributed by atoms with E-state index in [4.69, 9.17) is 4.74 Å². The molecule has 4 rings (SSSR count). The summed E-state index contributed by atoms with van der Waals surface area (Å²) in [5.41, 5.74) is 1.16. The molecule has 2 aliphatic heterocycles. The lowest BCUT2D eigenvalue weighted by molar-refractivity contribution is 0.0584. The number of thiazole rings is 1. The molecule has 0 atom stereocenters. The molecule has 0 amide bonds. The average molecular weight is 450 g/mol. The maximum Gasteiger partial charge on any atom is 0.273 e. The molecule has 1 aromatic carbocycles. The third-order valence-corrected chi connectivity index (χ3v) is 8.85. The molecule has 0 spiro atoms. The Morgan fingerprint density at radius 2 is 1.70 bits per heavy atom. The van der Waals surface area contributed by atoms with Crippen LogP contribution in [0.2, 0.25) is 0 Å². The van der Waals surface area contributed by atoms with E-state index in [1.54, 1.807) is 22.6 Å². The van der Waals surface area contributed by atoms with Crippen LogP contribution in [0.3, 0.4) is 0 Å². The lowest BCUT2D eigenvalue weighted by atomic mass is 10.00. The van der Waals surface area contributed by atoms with Gasteiger partial charge >= 0.3 is 0 Å². The molecular formula is C22H31N3O3S2. The first kappa shape index (κ1) is 21.7. The van der Waals surface area contributed by atoms with Crippen molar-refractivity contribution in [2.24, 2.45) is 0 Å². The summed E-state index contributed by atoms with van der Waals surface area (Å²) in [6, 6.07) is 7.83. The van der Waals surface area contributed by atoms with Crippen molar-refractivity contribution in [1.29, 1.82) is 0 Å². The smallest absolute Gasteiger partial charge is 0.273 e. The number of rotatable bonds is 6. The van der Waals surface area contributed by atoms with E-state index in [1.807, 2.05) is 17.5 Å². The van der Waals surface area contributed by atoms with Crippen LogP contribution in [0, 0.1) is 0 Å². The summed E-state index contributed by atoms with van der Waals surface area (Å²) in [7, 11) is -3.41. The molecular weight excluding hydrogens is 418 g/mol. The van der Waals surface area contributed by atoms with E-state index in [0.717, 1.165) is 49.5 Å². The molecule has 0 bridgehead atoms. The molecule has 6 nitrogen and oxygen atoms in total. The number of likely N-dealkylation sites (tertiary alicyclic amines) is 1. The number of hydrogen-bond acceptors (Lipinski definition) is 6. The van der Waals surface area contributed by atoms with Gasteiger partial charge in [0.1, 0.15) is 6.10 Å². The molecule has 2 aromatic rings. The molecule has 1 aromatic heterocycles. The van der Waals surface area contributed by atoms with Gasteiger partial charge in [0.2, 0.25) is 10.0 Å². The van der Waals surface area contributed by atoms with Crippen LogP contribution in [0.4, 0.5) is 0 Å². The third-order valence-electron chi connectivity index (χ3n) is 6.28. The summed E-state index contributed by atoms with van der Waals surface area (Å²) in [6.45, 7) is 7.42. The van der Waals surface area contributed by atoms with Gasteiger partial charge in [0, 0.05) is 43.8 Å². The van der Waals surface area contributed by atoms with Crippen LogP contribution >= 0.6 is 11.3 Å². The molecule has 0 N–H and O–H groups in total. The van der Waals surface area contributed by atoms with E-state index in [0.29, 0.717) is 29.9 Å². The predicted octanol–water partition coefficient (Wildman–Crippen LogP) is 3.96. The summed E-state index contributed by atoms with van der Waals surface area (Å²) >= 11 is 1.54. The number of piperidine rings is 2. The Bertz CT molecular complexity index is 898. The predicted molar refractivity (Wildman–Crippen MR) is 120 cm³/mol. The van der Waals surface area contributed by atoms with Crippen LogP contribution in [0.1, 0.15) is 51.0 Å². The molecule has 2 fully saturated rings. The number of nitrogens with zero attached hydrogens (tertiary/aromatic N) is 3. The standard InChI is InChI=1S/C22H31N3O3S2/c1-17(2)18-3-5-21(6-4-18)30(26,27)25-14-7-19(8-15-25)24-12-9-20(10-13-24)28-22-23-11-16-29-22/h3-6,11,16-17,19-20H,7-10,12-15H2,1-2H3. The second kappa shape index (κ2) is 9.34. The minimum atomic E-state index is -3.41. The van der Waals surface area contributed by atoms with Gasteiger partial charge in [-0.1, -0.05) is 37.3 Å². The lowest BCUT2D eigenvalue weighted by Crippen LogP contribution is -2.50. The Hall–Kier alpha value is -1.48. The Morgan fingerprint density at radius 1 is 1.03 bits per heavy atom. The molecule has 0 saturated carbocycles. The van der Waals surface area contributed by atoms with Crippen molar-refractivity contribution in [3.05, 3.63) is 41.4 Å². The van der Waals surface area contributed by atoms with E-state index < -0.39 is 10.0 Å². The van der Waals surface area contributed by atoms with Crippen molar-refractivity contribution in [3.63, 3.8) is 0 Å². The van der Waals surface area contributed by atoms with E-state index in [1.165, 1.54) is 11.3 Å². The zero-order chi connectivity index (χ0) is 21.1. The van der Waals surface area contributed by atoms with Crippen LogP contribution in [0.5, 0.6) is 5.19 Å². The average Bonchev–Trinajstić information content (AvgIpc) is 3.27. The fourth-order valence-corrected chi connectivity index (χ4v) is 6.41. The monoisotopic (exact) mass is 449 g/mol. The van der Waals surface area contributed by atoms with Gasteiger partial charge in [0.15, 0.2) is 0 Å². The fraction of sp³-hybridized carbons (Fsp3) is 0.591. The van der Waals surface area contributed by atoms with E-state index in [9.17, 15) is 8.42 Å². The van der Waals surface area contributed by atoms with Gasteiger partial charge in [0.05, 0.1) is 4.90 Å². The zero-order valence-electron chi connectivity index (χ0n) is 17.7. The van der Waals surface area contributed by atoms with Crippen molar-refractivity contribution in [2.45, 2.75) is 62.5 Å². The number of aromatic nitrogens is 1. The summed E-state index contributed by atoms with van der Waals surface area (Å²) in [5.74, 6) is 0.397. The first-order valence-electron chi connectivity index (χ1n) is 10.8. The highest BCUT2D eigenvalue weighted by Crippen LogP contribution is 2.27. The van der Waals surface area contributed by atoms with E-state index in [2.05, 4.69) is 23.7 Å². The van der Waals surface area contributed by atoms with E-state index >= 15 is 0 Å². The highest BCUT2D eigenvalue weighted by atomic mass is 32.2. The number of ether oxygens (including phenoxy) is 1. The Morgan fingerprint density at radius 3 is 2.27 bits per heavy atom. The maximum absolute atomic E-state index is 13.0. The van der Waals surface area contributed by atoms with Crippen molar-refractivity contribution < 1.29 is 13.2 Å². The van der Waals surface area contributed by atoms with Crippen molar-refractivity contribution >= 4 is 21.4 Å². The molecule has 8 heteroatoms. The maximum atomic E-state index is 13.0. The molecule has 164 valence electrons. The first-order valence-corrected chi connectivity index (χ1v) is 13.2. The van der Waals surface area contributed by atoms with Gasteiger partial charge in [0.25, 0.3) is 5.19 Å². The minimum absolute atomic E-state index is 0.238. The third kappa shape index (κ3) is 4.88. The SMILES string of the molecule is CC(C)c1ccc(S(=O)(=O)N2CCC(N3CCC(Oc4nccs4)CC3)CC2)cc1. The van der Waals surface area contributed by atoms with Gasteiger partial charge in [-0.3, -0.25) is 0 Å². The normalized spacial score (nSPS) is 20.6. The molecule has 30 heavy (non-hydrogen) atoms. The largest absolute Gasteiger partial charge is 0.467 e. The van der Waals surface area contributed by atoms with Crippen molar-refractivity contribution in [3.8, 4) is 5.19 Å². The summed E-state index contributed by atoms with van der Waals surface area (Å²) in [5, 5.41) is 2.69. The van der Waals surface area contributed by atoms with Crippen LogP contribution in [0.15, 0.2) is 40.7 Å². The van der Waals surface area contributed by atoms with Gasteiger partial charge < -0.3 is 9.64 Å². The zero-order valence-corrected chi connectivity index (χ0v) is 19.4. The molecule has 3 heterocycles. The fourth-order valence-electron chi connectivity index (χ4n) is 4.39. The molecule has 0 unspecified atom stereocenters. The van der Waals surface area contributed by atoms with Crippen LogP contribution in [-0.2, 0) is 10.0 Å². The number of sulfonamides is 1.